The molecule has 1 aliphatic heterocycles. The zero-order valence-corrected chi connectivity index (χ0v) is 15.3. The highest BCUT2D eigenvalue weighted by Gasteiger charge is 2.60. The van der Waals surface area contributed by atoms with Crippen molar-refractivity contribution in [3.8, 4) is 0 Å². The van der Waals surface area contributed by atoms with Gasteiger partial charge in [0.05, 0.1) is 0 Å². The number of piperidine rings is 1. The summed E-state index contributed by atoms with van der Waals surface area (Å²) in [5.41, 5.74) is 0.542. The SMILES string of the molecule is CC(C)c1cc(C(=O)N2CCC3(CC2)C[C@@H]3C(=O)N(C)C2CC2)no1. The molecule has 2 amide bonds. The molecule has 6 heteroatoms. The Bertz CT molecular complexity index is 684. The third-order valence-electron chi connectivity index (χ3n) is 6.29. The lowest BCUT2D eigenvalue weighted by Crippen LogP contribution is -2.41. The van der Waals surface area contributed by atoms with Crippen LogP contribution in [0.25, 0.3) is 0 Å². The van der Waals surface area contributed by atoms with E-state index in [1.165, 1.54) is 0 Å². The first kappa shape index (κ1) is 16.6. The number of carbonyl (C=O) groups is 2. The molecule has 2 aliphatic carbocycles. The highest BCUT2D eigenvalue weighted by Crippen LogP contribution is 2.60. The topological polar surface area (TPSA) is 66.7 Å². The molecule has 6 nitrogen and oxygen atoms in total. The van der Waals surface area contributed by atoms with Gasteiger partial charge in [-0.25, -0.2) is 0 Å². The highest BCUT2D eigenvalue weighted by molar-refractivity contribution is 5.92. The van der Waals surface area contributed by atoms with Crippen molar-refractivity contribution >= 4 is 11.8 Å². The van der Waals surface area contributed by atoms with E-state index in [4.69, 9.17) is 4.52 Å². The molecule has 0 aromatic carbocycles. The zero-order chi connectivity index (χ0) is 17.8. The van der Waals surface area contributed by atoms with Gasteiger partial charge in [0.15, 0.2) is 5.69 Å². The molecule has 0 bridgehead atoms. The lowest BCUT2D eigenvalue weighted by atomic mass is 9.90. The Morgan fingerprint density at radius 2 is 2.00 bits per heavy atom. The Labute approximate surface area is 148 Å². The fraction of sp³-hybridized carbons (Fsp3) is 0.737. The van der Waals surface area contributed by atoms with Crippen molar-refractivity contribution in [3.05, 3.63) is 17.5 Å². The summed E-state index contributed by atoms with van der Waals surface area (Å²) in [4.78, 5) is 29.0. The summed E-state index contributed by atoms with van der Waals surface area (Å²) in [6.45, 7) is 5.45. The summed E-state index contributed by atoms with van der Waals surface area (Å²) in [5.74, 6) is 1.41. The Hall–Kier alpha value is -1.85. The second-order valence-corrected chi connectivity index (χ2v) is 8.36. The van der Waals surface area contributed by atoms with Gasteiger partial charge in [-0.15, -0.1) is 0 Å². The van der Waals surface area contributed by atoms with Crippen LogP contribution in [0.1, 0.15) is 68.1 Å². The maximum absolute atomic E-state index is 12.6. The van der Waals surface area contributed by atoms with E-state index in [1.54, 1.807) is 6.07 Å². The van der Waals surface area contributed by atoms with Gasteiger partial charge in [0, 0.05) is 44.1 Å². The predicted molar refractivity (Wildman–Crippen MR) is 92.1 cm³/mol. The Balaban J connectivity index is 1.34. The summed E-state index contributed by atoms with van der Waals surface area (Å²) in [6, 6.07) is 2.24. The lowest BCUT2D eigenvalue weighted by molar-refractivity contribution is -0.132. The van der Waals surface area contributed by atoms with Crippen molar-refractivity contribution in [3.63, 3.8) is 0 Å². The highest BCUT2D eigenvalue weighted by atomic mass is 16.5. The average Bonchev–Trinajstić information content (AvgIpc) is 3.51. The maximum Gasteiger partial charge on any atom is 0.276 e. The van der Waals surface area contributed by atoms with Gasteiger partial charge >= 0.3 is 0 Å². The minimum atomic E-state index is -0.0517. The quantitative estimate of drug-likeness (QED) is 0.841. The second-order valence-electron chi connectivity index (χ2n) is 8.36. The van der Waals surface area contributed by atoms with E-state index in [-0.39, 0.29) is 23.2 Å². The van der Waals surface area contributed by atoms with Gasteiger partial charge in [-0.1, -0.05) is 19.0 Å². The number of hydrogen-bond acceptors (Lipinski definition) is 4. The van der Waals surface area contributed by atoms with Crippen molar-refractivity contribution in [2.45, 2.75) is 57.9 Å². The fourth-order valence-electron chi connectivity index (χ4n) is 4.12. The van der Waals surface area contributed by atoms with Crippen LogP contribution >= 0.6 is 0 Å². The molecule has 3 aliphatic rings. The van der Waals surface area contributed by atoms with Crippen LogP contribution in [-0.4, -0.2) is 52.9 Å². The summed E-state index contributed by atoms with van der Waals surface area (Å²) in [7, 11) is 1.95. The van der Waals surface area contributed by atoms with Crippen LogP contribution in [0, 0.1) is 11.3 Å². The molecule has 1 atom stereocenters. The van der Waals surface area contributed by atoms with Crippen LogP contribution in [0.4, 0.5) is 0 Å². The first-order valence-corrected chi connectivity index (χ1v) is 9.44. The molecule has 136 valence electrons. The van der Waals surface area contributed by atoms with Crippen molar-refractivity contribution in [1.82, 2.24) is 15.0 Å². The third kappa shape index (κ3) is 2.96. The van der Waals surface area contributed by atoms with Crippen LogP contribution in [0.2, 0.25) is 0 Å². The zero-order valence-electron chi connectivity index (χ0n) is 15.3. The summed E-state index contributed by atoms with van der Waals surface area (Å²) in [5, 5.41) is 3.93. The van der Waals surface area contributed by atoms with Crippen molar-refractivity contribution in [1.29, 1.82) is 0 Å². The first-order chi connectivity index (χ1) is 11.9. The van der Waals surface area contributed by atoms with Gasteiger partial charge in [-0.3, -0.25) is 9.59 Å². The molecule has 0 radical (unpaired) electrons. The average molecular weight is 345 g/mol. The standard InChI is InChI=1S/C19H27N3O3/c1-12(2)16-10-15(20-25-16)18(24)22-8-6-19(7-9-22)11-14(19)17(23)21(3)13-4-5-13/h10,12-14H,4-9,11H2,1-3H3/t14-/m1/s1. The molecule has 1 saturated heterocycles. The molecule has 0 unspecified atom stereocenters. The normalized spacial score (nSPS) is 24.6. The molecule has 4 rings (SSSR count). The Kier molecular flexibility index (Phi) is 3.89. The van der Waals surface area contributed by atoms with Gasteiger partial charge in [0.2, 0.25) is 5.91 Å². The number of aromatic nitrogens is 1. The number of hydrogen-bond donors (Lipinski definition) is 0. The van der Waals surface area contributed by atoms with Gasteiger partial charge in [-0.2, -0.15) is 0 Å². The number of likely N-dealkylation sites (tertiary alicyclic amines) is 1. The number of nitrogens with zero attached hydrogens (tertiary/aromatic N) is 3. The first-order valence-electron chi connectivity index (χ1n) is 9.44. The van der Waals surface area contributed by atoms with Crippen LogP contribution in [-0.2, 0) is 4.79 Å². The minimum Gasteiger partial charge on any atom is -0.360 e. The van der Waals surface area contributed by atoms with Crippen molar-refractivity contribution in [2.24, 2.45) is 11.3 Å². The Morgan fingerprint density at radius 1 is 1.32 bits per heavy atom. The van der Waals surface area contributed by atoms with Crippen LogP contribution in [0.15, 0.2) is 10.6 Å². The van der Waals surface area contributed by atoms with E-state index in [9.17, 15) is 9.59 Å². The summed E-state index contributed by atoms with van der Waals surface area (Å²) < 4.78 is 5.25. The lowest BCUT2D eigenvalue weighted by Gasteiger charge is -2.32. The maximum atomic E-state index is 12.6. The predicted octanol–water partition coefficient (Wildman–Crippen LogP) is 2.66. The Morgan fingerprint density at radius 3 is 2.56 bits per heavy atom. The van der Waals surface area contributed by atoms with Crippen LogP contribution in [0.5, 0.6) is 0 Å². The number of rotatable bonds is 4. The van der Waals surface area contributed by atoms with Gasteiger partial charge < -0.3 is 14.3 Å². The molecular formula is C19H27N3O3. The molecule has 1 spiro atoms. The molecule has 1 aromatic heterocycles. The van der Waals surface area contributed by atoms with Crippen molar-refractivity contribution < 1.29 is 14.1 Å². The van der Waals surface area contributed by atoms with Crippen molar-refractivity contribution in [2.75, 3.05) is 20.1 Å². The molecule has 2 heterocycles. The molecule has 25 heavy (non-hydrogen) atoms. The largest absolute Gasteiger partial charge is 0.360 e. The summed E-state index contributed by atoms with van der Waals surface area (Å²) in [6.07, 6.45) is 5.14. The van der Waals surface area contributed by atoms with Gasteiger partial charge in [0.1, 0.15) is 5.76 Å². The number of amides is 2. The van der Waals surface area contributed by atoms with E-state index >= 15 is 0 Å². The third-order valence-corrected chi connectivity index (χ3v) is 6.29. The number of carbonyl (C=O) groups excluding carboxylic acids is 2. The van der Waals surface area contributed by atoms with E-state index in [1.807, 2.05) is 30.7 Å². The second kappa shape index (κ2) is 5.85. The van der Waals surface area contributed by atoms with E-state index in [0.29, 0.717) is 30.7 Å². The molecular weight excluding hydrogens is 318 g/mol. The van der Waals surface area contributed by atoms with Gasteiger partial charge in [0.25, 0.3) is 5.91 Å². The molecule has 2 saturated carbocycles. The van der Waals surface area contributed by atoms with E-state index in [0.717, 1.165) is 37.9 Å². The summed E-state index contributed by atoms with van der Waals surface area (Å²) >= 11 is 0. The smallest absolute Gasteiger partial charge is 0.276 e. The minimum absolute atomic E-state index is 0.0517. The fourth-order valence-corrected chi connectivity index (χ4v) is 4.12. The van der Waals surface area contributed by atoms with E-state index in [2.05, 4.69) is 5.16 Å². The molecule has 1 aromatic rings. The van der Waals surface area contributed by atoms with Gasteiger partial charge in [-0.05, 0) is 37.5 Å². The monoisotopic (exact) mass is 345 g/mol. The van der Waals surface area contributed by atoms with E-state index < -0.39 is 0 Å². The molecule has 3 fully saturated rings. The molecule has 0 N–H and O–H groups in total. The van der Waals surface area contributed by atoms with Crippen LogP contribution < -0.4 is 0 Å². The van der Waals surface area contributed by atoms with Crippen LogP contribution in [0.3, 0.4) is 0 Å².